The highest BCUT2D eigenvalue weighted by Gasteiger charge is 2.50. The zero-order valence-corrected chi connectivity index (χ0v) is 13.8. The van der Waals surface area contributed by atoms with Crippen molar-refractivity contribution in [1.29, 1.82) is 0 Å². The van der Waals surface area contributed by atoms with Crippen LogP contribution in [0.2, 0.25) is 0 Å². The minimum atomic E-state index is -3.86. The molecule has 1 aliphatic heterocycles. The van der Waals surface area contributed by atoms with Crippen LogP contribution < -0.4 is 4.74 Å². The molecule has 1 aliphatic rings. The number of rotatable bonds is 5. The highest BCUT2D eigenvalue weighted by molar-refractivity contribution is 7.89. The molecule has 2 rings (SSSR count). The quantitative estimate of drug-likeness (QED) is 0.894. The van der Waals surface area contributed by atoms with E-state index >= 15 is 0 Å². The second-order valence-corrected chi connectivity index (χ2v) is 7.45. The van der Waals surface area contributed by atoms with Gasteiger partial charge in [0.15, 0.2) is 0 Å². The topological polar surface area (TPSA) is 83.9 Å². The van der Waals surface area contributed by atoms with Crippen molar-refractivity contribution >= 4 is 16.0 Å². The first kappa shape index (κ1) is 16.8. The SMILES string of the molecule is CCOc1ccc(S(=O)(=O)N2CCC[C@@]2(C)C(=O)O)c(C)c1. The molecule has 7 heteroatoms. The molecule has 0 bridgehead atoms. The van der Waals surface area contributed by atoms with Crippen molar-refractivity contribution in [1.82, 2.24) is 4.31 Å². The van der Waals surface area contributed by atoms with E-state index in [4.69, 9.17) is 4.74 Å². The Balaban J connectivity index is 2.45. The number of aryl methyl sites for hydroxylation is 1. The van der Waals surface area contributed by atoms with E-state index in [2.05, 4.69) is 0 Å². The number of aliphatic carboxylic acids is 1. The number of hydrogen-bond donors (Lipinski definition) is 1. The summed E-state index contributed by atoms with van der Waals surface area (Å²) in [6.45, 7) is 5.71. The zero-order valence-electron chi connectivity index (χ0n) is 13.0. The molecule has 1 heterocycles. The van der Waals surface area contributed by atoms with Crippen molar-refractivity contribution in [2.75, 3.05) is 13.2 Å². The molecule has 0 aliphatic carbocycles. The van der Waals surface area contributed by atoms with E-state index in [-0.39, 0.29) is 11.4 Å². The van der Waals surface area contributed by atoms with Crippen molar-refractivity contribution in [3.8, 4) is 5.75 Å². The predicted octanol–water partition coefficient (Wildman–Crippen LogP) is 2.02. The second-order valence-electron chi connectivity index (χ2n) is 5.62. The van der Waals surface area contributed by atoms with Gasteiger partial charge in [0.2, 0.25) is 10.0 Å². The molecule has 22 heavy (non-hydrogen) atoms. The number of carbonyl (C=O) groups is 1. The number of carboxylic acid groups (broad SMARTS) is 1. The van der Waals surface area contributed by atoms with E-state index in [0.29, 0.717) is 30.8 Å². The van der Waals surface area contributed by atoms with Gasteiger partial charge < -0.3 is 9.84 Å². The third-order valence-electron chi connectivity index (χ3n) is 4.06. The van der Waals surface area contributed by atoms with E-state index in [1.54, 1.807) is 19.1 Å². The highest BCUT2D eigenvalue weighted by Crippen LogP contribution is 2.36. The normalized spacial score (nSPS) is 22.7. The summed E-state index contributed by atoms with van der Waals surface area (Å²) < 4.78 is 32.2. The summed E-state index contributed by atoms with van der Waals surface area (Å²) in [6.07, 6.45) is 0.857. The van der Waals surface area contributed by atoms with Crippen molar-refractivity contribution in [2.45, 2.75) is 44.0 Å². The van der Waals surface area contributed by atoms with Gasteiger partial charge in [0.25, 0.3) is 0 Å². The van der Waals surface area contributed by atoms with E-state index in [1.807, 2.05) is 6.92 Å². The maximum atomic E-state index is 12.9. The van der Waals surface area contributed by atoms with Gasteiger partial charge in [-0.15, -0.1) is 0 Å². The van der Waals surface area contributed by atoms with Gasteiger partial charge in [0, 0.05) is 6.54 Å². The Bertz CT molecular complexity index is 685. The molecule has 1 saturated heterocycles. The average molecular weight is 327 g/mol. The van der Waals surface area contributed by atoms with Crippen LogP contribution in [0.25, 0.3) is 0 Å². The van der Waals surface area contributed by atoms with Gasteiger partial charge >= 0.3 is 5.97 Å². The van der Waals surface area contributed by atoms with E-state index in [1.165, 1.54) is 13.0 Å². The van der Waals surface area contributed by atoms with Crippen LogP contribution in [0.1, 0.15) is 32.3 Å². The van der Waals surface area contributed by atoms with Gasteiger partial charge in [-0.3, -0.25) is 4.79 Å². The van der Waals surface area contributed by atoms with Gasteiger partial charge in [-0.05, 0) is 57.4 Å². The molecular formula is C15H21NO5S. The third kappa shape index (κ3) is 2.70. The first-order valence-corrected chi connectivity index (χ1v) is 8.67. The van der Waals surface area contributed by atoms with Crippen molar-refractivity contribution in [2.24, 2.45) is 0 Å². The summed E-state index contributed by atoms with van der Waals surface area (Å²) in [4.78, 5) is 11.6. The Labute approximate surface area is 130 Å². The summed E-state index contributed by atoms with van der Waals surface area (Å²) >= 11 is 0. The van der Waals surface area contributed by atoms with Gasteiger partial charge in [-0.25, -0.2) is 8.42 Å². The number of nitrogens with zero attached hydrogens (tertiary/aromatic N) is 1. The average Bonchev–Trinajstić information content (AvgIpc) is 2.83. The molecule has 0 amide bonds. The van der Waals surface area contributed by atoms with Gasteiger partial charge in [0.1, 0.15) is 11.3 Å². The van der Waals surface area contributed by atoms with E-state index in [9.17, 15) is 18.3 Å². The van der Waals surface area contributed by atoms with Crippen LogP contribution in [-0.4, -0.2) is 42.5 Å². The van der Waals surface area contributed by atoms with E-state index < -0.39 is 21.5 Å². The molecule has 1 aromatic carbocycles. The molecule has 6 nitrogen and oxygen atoms in total. The third-order valence-corrected chi connectivity index (χ3v) is 6.24. The lowest BCUT2D eigenvalue weighted by Gasteiger charge is -2.30. The highest BCUT2D eigenvalue weighted by atomic mass is 32.2. The number of hydrogen-bond acceptors (Lipinski definition) is 4. The molecular weight excluding hydrogens is 306 g/mol. The zero-order chi connectivity index (χ0) is 16.5. The summed E-state index contributed by atoms with van der Waals surface area (Å²) in [5, 5.41) is 9.41. The molecule has 1 fully saturated rings. The Morgan fingerprint density at radius 2 is 2.14 bits per heavy atom. The minimum Gasteiger partial charge on any atom is -0.494 e. The first-order valence-electron chi connectivity index (χ1n) is 7.23. The Morgan fingerprint density at radius 3 is 2.68 bits per heavy atom. The van der Waals surface area contributed by atoms with Crippen LogP contribution in [0.15, 0.2) is 23.1 Å². The largest absolute Gasteiger partial charge is 0.494 e. The van der Waals surface area contributed by atoms with Crippen molar-refractivity contribution in [3.05, 3.63) is 23.8 Å². The standard InChI is InChI=1S/C15H21NO5S/c1-4-21-12-6-7-13(11(2)10-12)22(19,20)16-9-5-8-15(16,3)14(17)18/h6-7,10H,4-5,8-9H2,1-3H3,(H,17,18)/t15-/m0/s1. The van der Waals surface area contributed by atoms with Crippen LogP contribution in [-0.2, 0) is 14.8 Å². The lowest BCUT2D eigenvalue weighted by atomic mass is 10.0. The Kier molecular flexibility index (Phi) is 4.49. The Morgan fingerprint density at radius 1 is 1.45 bits per heavy atom. The molecule has 0 spiro atoms. The van der Waals surface area contributed by atoms with Crippen molar-refractivity contribution < 1.29 is 23.1 Å². The molecule has 1 atom stereocenters. The number of carboxylic acids is 1. The molecule has 0 aromatic heterocycles. The van der Waals surface area contributed by atoms with Crippen molar-refractivity contribution in [3.63, 3.8) is 0 Å². The fourth-order valence-corrected chi connectivity index (χ4v) is 4.84. The molecule has 0 unspecified atom stereocenters. The molecule has 1 aromatic rings. The molecule has 122 valence electrons. The second kappa shape index (κ2) is 5.89. The van der Waals surface area contributed by atoms with Gasteiger partial charge in [-0.2, -0.15) is 4.31 Å². The lowest BCUT2D eigenvalue weighted by molar-refractivity contribution is -0.146. The predicted molar refractivity (Wildman–Crippen MR) is 81.5 cm³/mol. The minimum absolute atomic E-state index is 0.130. The van der Waals surface area contributed by atoms with Crippen LogP contribution >= 0.6 is 0 Å². The summed E-state index contributed by atoms with van der Waals surface area (Å²) in [5.41, 5.74) is -0.838. The summed E-state index contributed by atoms with van der Waals surface area (Å²) in [7, 11) is -3.86. The summed E-state index contributed by atoms with van der Waals surface area (Å²) in [5.74, 6) is -0.515. The van der Waals surface area contributed by atoms with E-state index in [0.717, 1.165) is 4.31 Å². The molecule has 1 N–H and O–H groups in total. The maximum absolute atomic E-state index is 12.9. The van der Waals surface area contributed by atoms with Crippen LogP contribution in [0.3, 0.4) is 0 Å². The monoisotopic (exact) mass is 327 g/mol. The number of ether oxygens (including phenoxy) is 1. The Hall–Kier alpha value is -1.60. The number of benzene rings is 1. The molecule has 0 saturated carbocycles. The van der Waals surface area contributed by atoms with Crippen LogP contribution in [0.4, 0.5) is 0 Å². The lowest BCUT2D eigenvalue weighted by Crippen LogP contribution is -2.50. The van der Waals surface area contributed by atoms with Crippen LogP contribution in [0.5, 0.6) is 5.75 Å². The maximum Gasteiger partial charge on any atom is 0.324 e. The first-order chi connectivity index (χ1) is 10.2. The fourth-order valence-electron chi connectivity index (χ4n) is 2.82. The number of sulfonamides is 1. The summed E-state index contributed by atoms with van der Waals surface area (Å²) in [6, 6.07) is 4.73. The van der Waals surface area contributed by atoms with Crippen LogP contribution in [0, 0.1) is 6.92 Å². The fraction of sp³-hybridized carbons (Fsp3) is 0.533. The molecule has 0 radical (unpaired) electrons. The van der Waals surface area contributed by atoms with Gasteiger partial charge in [0.05, 0.1) is 11.5 Å². The van der Waals surface area contributed by atoms with Gasteiger partial charge in [-0.1, -0.05) is 0 Å². The smallest absolute Gasteiger partial charge is 0.324 e.